The van der Waals surface area contributed by atoms with Gasteiger partial charge in [0.1, 0.15) is 5.54 Å². The maximum Gasteiger partial charge on any atom is 0.406 e. The Morgan fingerprint density at radius 2 is 1.33 bits per heavy atom. The van der Waals surface area contributed by atoms with Crippen molar-refractivity contribution < 1.29 is 13.2 Å². The van der Waals surface area contributed by atoms with Gasteiger partial charge in [-0.3, -0.25) is 4.90 Å². The SMILES string of the molecule is FC(F)(F)C1(N2CCCC2)CCCCC1. The van der Waals surface area contributed by atoms with Gasteiger partial charge in [-0.1, -0.05) is 19.3 Å². The van der Waals surface area contributed by atoms with Crippen LogP contribution in [0.2, 0.25) is 0 Å². The molecule has 0 bridgehead atoms. The zero-order valence-electron chi connectivity index (χ0n) is 8.95. The first-order valence-electron chi connectivity index (χ1n) is 5.88. The molecule has 0 aromatic rings. The van der Waals surface area contributed by atoms with Gasteiger partial charge in [-0.2, -0.15) is 13.2 Å². The molecule has 88 valence electrons. The number of rotatable bonds is 1. The third kappa shape index (κ3) is 1.88. The number of halogens is 3. The minimum atomic E-state index is -4.04. The number of alkyl halides is 3. The maximum absolute atomic E-state index is 13.2. The second-order valence-electron chi connectivity index (χ2n) is 4.78. The van der Waals surface area contributed by atoms with Crippen LogP contribution in [0, 0.1) is 0 Å². The Morgan fingerprint density at radius 1 is 0.800 bits per heavy atom. The van der Waals surface area contributed by atoms with Crippen molar-refractivity contribution in [3.63, 3.8) is 0 Å². The van der Waals surface area contributed by atoms with Gasteiger partial charge in [-0.15, -0.1) is 0 Å². The van der Waals surface area contributed by atoms with Crippen LogP contribution in [0.15, 0.2) is 0 Å². The monoisotopic (exact) mass is 221 g/mol. The summed E-state index contributed by atoms with van der Waals surface area (Å²) in [5.41, 5.74) is -1.47. The van der Waals surface area contributed by atoms with Crippen molar-refractivity contribution in [2.24, 2.45) is 0 Å². The second kappa shape index (κ2) is 3.96. The van der Waals surface area contributed by atoms with E-state index in [0.29, 0.717) is 25.9 Å². The molecular weight excluding hydrogens is 203 g/mol. The van der Waals surface area contributed by atoms with Gasteiger partial charge in [0, 0.05) is 0 Å². The van der Waals surface area contributed by atoms with Crippen molar-refractivity contribution in [1.29, 1.82) is 0 Å². The van der Waals surface area contributed by atoms with E-state index in [0.717, 1.165) is 32.1 Å². The van der Waals surface area contributed by atoms with Crippen LogP contribution in [-0.2, 0) is 0 Å². The largest absolute Gasteiger partial charge is 0.406 e. The molecule has 1 saturated heterocycles. The molecule has 0 atom stereocenters. The average Bonchev–Trinajstić information content (AvgIpc) is 2.70. The molecule has 2 rings (SSSR count). The lowest BCUT2D eigenvalue weighted by Gasteiger charge is -2.45. The molecule has 0 spiro atoms. The highest BCUT2D eigenvalue weighted by Crippen LogP contribution is 2.46. The molecule has 1 aliphatic carbocycles. The maximum atomic E-state index is 13.2. The normalized spacial score (nSPS) is 28.2. The Labute approximate surface area is 88.6 Å². The molecule has 0 amide bonds. The summed E-state index contributed by atoms with van der Waals surface area (Å²) in [5, 5.41) is 0. The minimum Gasteiger partial charge on any atom is -0.290 e. The zero-order chi connectivity index (χ0) is 10.9. The highest BCUT2D eigenvalue weighted by molar-refractivity contribution is 5.00. The molecule has 1 aliphatic heterocycles. The summed E-state index contributed by atoms with van der Waals surface area (Å²) in [6.45, 7) is 1.28. The molecule has 2 aliphatic rings. The van der Waals surface area contributed by atoms with Gasteiger partial charge >= 0.3 is 6.18 Å². The van der Waals surface area contributed by atoms with Crippen LogP contribution >= 0.6 is 0 Å². The Hall–Kier alpha value is -0.250. The van der Waals surface area contributed by atoms with Crippen LogP contribution in [0.3, 0.4) is 0 Å². The summed E-state index contributed by atoms with van der Waals surface area (Å²) in [6.07, 6.45) is 0.873. The van der Waals surface area contributed by atoms with Gasteiger partial charge in [-0.05, 0) is 38.8 Å². The van der Waals surface area contributed by atoms with Crippen molar-refractivity contribution in [3.8, 4) is 0 Å². The van der Waals surface area contributed by atoms with Crippen molar-refractivity contribution in [2.45, 2.75) is 56.7 Å². The Kier molecular flexibility index (Phi) is 2.97. The molecule has 0 unspecified atom stereocenters. The van der Waals surface area contributed by atoms with E-state index >= 15 is 0 Å². The molecule has 4 heteroatoms. The minimum absolute atomic E-state index is 0.316. The van der Waals surface area contributed by atoms with Crippen LogP contribution in [0.5, 0.6) is 0 Å². The quantitative estimate of drug-likeness (QED) is 0.656. The fourth-order valence-corrected chi connectivity index (χ4v) is 3.06. The number of hydrogen-bond donors (Lipinski definition) is 0. The fraction of sp³-hybridized carbons (Fsp3) is 1.00. The molecule has 0 aromatic carbocycles. The topological polar surface area (TPSA) is 3.24 Å². The fourth-order valence-electron chi connectivity index (χ4n) is 3.06. The van der Waals surface area contributed by atoms with Gasteiger partial charge in [0.05, 0.1) is 0 Å². The molecular formula is C11H18F3N. The molecule has 1 heterocycles. The molecule has 1 saturated carbocycles. The van der Waals surface area contributed by atoms with Gasteiger partial charge in [-0.25, -0.2) is 0 Å². The summed E-state index contributed by atoms with van der Waals surface area (Å²) in [6, 6.07) is 0. The van der Waals surface area contributed by atoms with E-state index in [1.165, 1.54) is 0 Å². The summed E-state index contributed by atoms with van der Waals surface area (Å²) in [7, 11) is 0. The van der Waals surface area contributed by atoms with Crippen molar-refractivity contribution >= 4 is 0 Å². The summed E-state index contributed by atoms with van der Waals surface area (Å²) < 4.78 is 39.6. The zero-order valence-corrected chi connectivity index (χ0v) is 8.95. The first-order chi connectivity index (χ1) is 7.06. The second-order valence-corrected chi connectivity index (χ2v) is 4.78. The van der Waals surface area contributed by atoms with Crippen LogP contribution in [0.4, 0.5) is 13.2 Å². The van der Waals surface area contributed by atoms with E-state index in [9.17, 15) is 13.2 Å². The average molecular weight is 221 g/mol. The Bertz CT molecular complexity index is 212. The Morgan fingerprint density at radius 3 is 1.80 bits per heavy atom. The summed E-state index contributed by atoms with van der Waals surface area (Å²) >= 11 is 0. The lowest BCUT2D eigenvalue weighted by Crippen LogP contribution is -2.58. The lowest BCUT2D eigenvalue weighted by atomic mass is 9.79. The molecule has 1 nitrogen and oxygen atoms in total. The van der Waals surface area contributed by atoms with Crippen LogP contribution in [0.25, 0.3) is 0 Å². The Balaban J connectivity index is 2.20. The van der Waals surface area contributed by atoms with Crippen molar-refractivity contribution in [1.82, 2.24) is 4.90 Å². The lowest BCUT2D eigenvalue weighted by molar-refractivity contribution is -0.239. The first kappa shape index (κ1) is 11.2. The molecule has 2 fully saturated rings. The van der Waals surface area contributed by atoms with Gasteiger partial charge < -0.3 is 0 Å². The summed E-state index contributed by atoms with van der Waals surface area (Å²) in [4.78, 5) is 1.70. The predicted octanol–water partition coefficient (Wildman–Crippen LogP) is 3.35. The smallest absolute Gasteiger partial charge is 0.290 e. The standard InChI is InChI=1S/C11H18F3N/c12-11(13,14)10(6-2-1-3-7-10)15-8-4-5-9-15/h1-9H2. The van der Waals surface area contributed by atoms with Crippen LogP contribution in [-0.4, -0.2) is 29.7 Å². The van der Waals surface area contributed by atoms with Crippen LogP contribution in [0.1, 0.15) is 44.9 Å². The number of nitrogens with zero attached hydrogens (tertiary/aromatic N) is 1. The predicted molar refractivity (Wildman–Crippen MR) is 52.7 cm³/mol. The molecule has 0 radical (unpaired) electrons. The van der Waals surface area contributed by atoms with Gasteiger partial charge in [0.2, 0.25) is 0 Å². The van der Waals surface area contributed by atoms with E-state index in [1.807, 2.05) is 0 Å². The van der Waals surface area contributed by atoms with Crippen LogP contribution < -0.4 is 0 Å². The van der Waals surface area contributed by atoms with E-state index < -0.39 is 11.7 Å². The first-order valence-corrected chi connectivity index (χ1v) is 5.88. The van der Waals surface area contributed by atoms with Gasteiger partial charge in [0.25, 0.3) is 0 Å². The summed E-state index contributed by atoms with van der Waals surface area (Å²) in [5.74, 6) is 0. The van der Waals surface area contributed by atoms with E-state index in [4.69, 9.17) is 0 Å². The van der Waals surface area contributed by atoms with E-state index in [2.05, 4.69) is 0 Å². The van der Waals surface area contributed by atoms with Crippen molar-refractivity contribution in [3.05, 3.63) is 0 Å². The van der Waals surface area contributed by atoms with E-state index in [1.54, 1.807) is 4.90 Å². The third-order valence-corrected chi connectivity index (χ3v) is 3.92. The third-order valence-electron chi connectivity index (χ3n) is 3.92. The molecule has 0 aromatic heterocycles. The number of likely N-dealkylation sites (tertiary alicyclic amines) is 1. The van der Waals surface area contributed by atoms with Crippen molar-refractivity contribution in [2.75, 3.05) is 13.1 Å². The molecule has 0 N–H and O–H groups in total. The number of hydrogen-bond acceptors (Lipinski definition) is 1. The van der Waals surface area contributed by atoms with E-state index in [-0.39, 0.29) is 0 Å². The van der Waals surface area contributed by atoms with Gasteiger partial charge in [0.15, 0.2) is 0 Å². The highest BCUT2D eigenvalue weighted by atomic mass is 19.4. The molecule has 15 heavy (non-hydrogen) atoms. The highest BCUT2D eigenvalue weighted by Gasteiger charge is 2.58.